The van der Waals surface area contributed by atoms with Crippen LogP contribution in [0.2, 0.25) is 0 Å². The van der Waals surface area contributed by atoms with Crippen molar-refractivity contribution in [3.05, 3.63) is 59.7 Å². The quantitative estimate of drug-likeness (QED) is 0.641. The van der Waals surface area contributed by atoms with E-state index in [0.717, 1.165) is 31.2 Å². The van der Waals surface area contributed by atoms with Gasteiger partial charge in [0.2, 0.25) is 5.91 Å². The number of hydrogen-bond acceptors (Lipinski definition) is 4. The van der Waals surface area contributed by atoms with E-state index in [1.54, 1.807) is 23.9 Å². The van der Waals surface area contributed by atoms with Crippen LogP contribution < -0.4 is 10.6 Å². The normalized spacial score (nSPS) is 14.2. The summed E-state index contributed by atoms with van der Waals surface area (Å²) in [5, 5.41) is 6.00. The first-order valence-electron chi connectivity index (χ1n) is 10.1. The van der Waals surface area contributed by atoms with Crippen LogP contribution in [0.5, 0.6) is 0 Å². The van der Waals surface area contributed by atoms with Gasteiger partial charge in [-0.15, -0.1) is 11.8 Å². The van der Waals surface area contributed by atoms with E-state index in [0.29, 0.717) is 17.8 Å². The smallest absolute Gasteiger partial charge is 0.253 e. The lowest BCUT2D eigenvalue weighted by molar-refractivity contribution is -0.117. The zero-order valence-corrected chi connectivity index (χ0v) is 17.9. The van der Waals surface area contributed by atoms with E-state index in [9.17, 15) is 9.59 Å². The van der Waals surface area contributed by atoms with Crippen molar-refractivity contribution in [2.24, 2.45) is 0 Å². The maximum absolute atomic E-state index is 12.6. The lowest BCUT2D eigenvalue weighted by Crippen LogP contribution is -2.34. The number of benzene rings is 2. The molecule has 0 bridgehead atoms. The minimum atomic E-state index is -0.130. The Kier molecular flexibility index (Phi) is 7.72. The third-order valence-electron chi connectivity index (χ3n) is 5.16. The molecule has 1 aliphatic carbocycles. The second kappa shape index (κ2) is 10.5. The Balaban J connectivity index is 1.56. The Morgan fingerprint density at radius 1 is 1.07 bits per heavy atom. The fraction of sp³-hybridized carbons (Fsp3) is 0.391. The van der Waals surface area contributed by atoms with Gasteiger partial charge in [0.1, 0.15) is 0 Å². The molecule has 0 heterocycles. The molecule has 1 fully saturated rings. The first-order valence-corrected chi connectivity index (χ1v) is 11.3. The largest absolute Gasteiger partial charge is 0.349 e. The van der Waals surface area contributed by atoms with Crippen LogP contribution in [0.3, 0.4) is 0 Å². The van der Waals surface area contributed by atoms with Gasteiger partial charge in [-0.25, -0.2) is 0 Å². The van der Waals surface area contributed by atoms with Crippen LogP contribution in [0.1, 0.15) is 41.6 Å². The molecule has 0 aliphatic heterocycles. The van der Waals surface area contributed by atoms with Crippen LogP contribution in [-0.4, -0.2) is 42.6 Å². The molecule has 0 radical (unpaired) electrons. The van der Waals surface area contributed by atoms with Gasteiger partial charge in [-0.3, -0.25) is 14.5 Å². The molecule has 6 heteroatoms. The van der Waals surface area contributed by atoms with E-state index in [2.05, 4.69) is 41.2 Å². The standard InChI is InChI=1S/C23H29N3O2S/c1-26(15-17-11-13-19(29-2)14-12-17)16-22(27)25-21-10-6-5-9-20(21)23(28)24-18-7-3-4-8-18/h5-6,9-14,18H,3-4,7-8,15-16H2,1-2H3,(H,24,28)(H,25,27). The highest BCUT2D eigenvalue weighted by Crippen LogP contribution is 2.20. The molecular formula is C23H29N3O2S. The molecule has 2 amide bonds. The minimum Gasteiger partial charge on any atom is -0.349 e. The van der Waals surface area contributed by atoms with Crippen molar-refractivity contribution in [3.63, 3.8) is 0 Å². The summed E-state index contributed by atoms with van der Waals surface area (Å²) in [5.74, 6) is -0.246. The highest BCUT2D eigenvalue weighted by Gasteiger charge is 2.20. The van der Waals surface area contributed by atoms with Crippen LogP contribution in [0, 0.1) is 0 Å². The van der Waals surface area contributed by atoms with Crippen LogP contribution in [-0.2, 0) is 11.3 Å². The summed E-state index contributed by atoms with van der Waals surface area (Å²) in [5.41, 5.74) is 2.24. The number of hydrogen-bond donors (Lipinski definition) is 2. The highest BCUT2D eigenvalue weighted by molar-refractivity contribution is 7.98. The van der Waals surface area contributed by atoms with Gasteiger partial charge in [0, 0.05) is 17.5 Å². The number of anilines is 1. The van der Waals surface area contributed by atoms with Crippen molar-refractivity contribution in [2.75, 3.05) is 25.2 Å². The van der Waals surface area contributed by atoms with E-state index in [-0.39, 0.29) is 24.4 Å². The minimum absolute atomic E-state index is 0.116. The third-order valence-corrected chi connectivity index (χ3v) is 5.90. The zero-order valence-electron chi connectivity index (χ0n) is 17.1. The average Bonchev–Trinajstić information content (AvgIpc) is 3.21. The molecule has 0 spiro atoms. The lowest BCUT2D eigenvalue weighted by Gasteiger charge is -2.18. The Labute approximate surface area is 177 Å². The maximum Gasteiger partial charge on any atom is 0.253 e. The zero-order chi connectivity index (χ0) is 20.6. The molecule has 0 atom stereocenters. The van der Waals surface area contributed by atoms with Crippen LogP contribution in [0.4, 0.5) is 5.69 Å². The topological polar surface area (TPSA) is 61.4 Å². The van der Waals surface area contributed by atoms with Crippen molar-refractivity contribution in [2.45, 2.75) is 43.2 Å². The van der Waals surface area contributed by atoms with E-state index in [4.69, 9.17) is 0 Å². The molecule has 5 nitrogen and oxygen atoms in total. The number of rotatable bonds is 8. The second-order valence-corrected chi connectivity index (χ2v) is 8.45. The summed E-state index contributed by atoms with van der Waals surface area (Å²) in [4.78, 5) is 28.4. The number of likely N-dealkylation sites (N-methyl/N-ethyl adjacent to an activating group) is 1. The fourth-order valence-corrected chi connectivity index (χ4v) is 4.07. The van der Waals surface area contributed by atoms with E-state index in [1.165, 1.54) is 4.90 Å². The predicted octanol–water partition coefficient (Wildman–Crippen LogP) is 4.15. The number of carbonyl (C=O) groups is 2. The first-order chi connectivity index (χ1) is 14.0. The number of para-hydroxylation sites is 1. The maximum atomic E-state index is 12.6. The average molecular weight is 412 g/mol. The molecule has 29 heavy (non-hydrogen) atoms. The van der Waals surface area contributed by atoms with Crippen molar-refractivity contribution < 1.29 is 9.59 Å². The van der Waals surface area contributed by atoms with E-state index < -0.39 is 0 Å². The number of carbonyl (C=O) groups excluding carboxylic acids is 2. The third kappa shape index (κ3) is 6.34. The summed E-state index contributed by atoms with van der Waals surface area (Å²) < 4.78 is 0. The molecule has 2 aromatic rings. The summed E-state index contributed by atoms with van der Waals surface area (Å²) in [6.45, 7) is 0.939. The van der Waals surface area contributed by atoms with Crippen molar-refractivity contribution in [3.8, 4) is 0 Å². The van der Waals surface area contributed by atoms with Crippen LogP contribution in [0.25, 0.3) is 0 Å². The SMILES string of the molecule is CSc1ccc(CN(C)CC(=O)Nc2ccccc2C(=O)NC2CCCC2)cc1. The number of amides is 2. The van der Waals surface area contributed by atoms with Crippen LogP contribution >= 0.6 is 11.8 Å². The molecule has 2 aromatic carbocycles. The van der Waals surface area contributed by atoms with Crippen LogP contribution in [0.15, 0.2) is 53.4 Å². The van der Waals surface area contributed by atoms with Gasteiger partial charge < -0.3 is 10.6 Å². The van der Waals surface area contributed by atoms with Gasteiger partial charge >= 0.3 is 0 Å². The second-order valence-electron chi connectivity index (χ2n) is 7.57. The molecule has 0 aromatic heterocycles. The van der Waals surface area contributed by atoms with E-state index >= 15 is 0 Å². The molecule has 1 saturated carbocycles. The number of nitrogens with zero attached hydrogens (tertiary/aromatic N) is 1. The molecule has 154 valence electrons. The molecular weight excluding hydrogens is 382 g/mol. The van der Waals surface area contributed by atoms with Crippen molar-refractivity contribution in [1.82, 2.24) is 10.2 Å². The highest BCUT2D eigenvalue weighted by atomic mass is 32.2. The first kappa shape index (κ1) is 21.4. The van der Waals surface area contributed by atoms with Crippen molar-refractivity contribution in [1.29, 1.82) is 0 Å². The van der Waals surface area contributed by atoms with Gasteiger partial charge in [0.25, 0.3) is 5.91 Å². The van der Waals surface area contributed by atoms with E-state index in [1.807, 2.05) is 24.1 Å². The number of nitrogens with one attached hydrogen (secondary N) is 2. The number of thioether (sulfide) groups is 1. The molecule has 0 saturated heterocycles. The summed E-state index contributed by atoms with van der Waals surface area (Å²) in [6.07, 6.45) is 6.44. The molecule has 3 rings (SSSR count). The lowest BCUT2D eigenvalue weighted by atomic mass is 10.1. The van der Waals surface area contributed by atoms with Gasteiger partial charge in [0.05, 0.1) is 17.8 Å². The summed E-state index contributed by atoms with van der Waals surface area (Å²) >= 11 is 1.71. The van der Waals surface area contributed by atoms with Gasteiger partial charge in [-0.1, -0.05) is 37.1 Å². The van der Waals surface area contributed by atoms with Crippen molar-refractivity contribution >= 4 is 29.3 Å². The summed E-state index contributed by atoms with van der Waals surface area (Å²) in [6, 6.07) is 15.8. The Morgan fingerprint density at radius 2 is 1.76 bits per heavy atom. The monoisotopic (exact) mass is 411 g/mol. The Hall–Kier alpha value is -2.31. The van der Waals surface area contributed by atoms with Gasteiger partial charge in [-0.05, 0) is 56.0 Å². The van der Waals surface area contributed by atoms with Gasteiger partial charge in [0.15, 0.2) is 0 Å². The fourth-order valence-electron chi connectivity index (χ4n) is 3.66. The Bertz CT molecular complexity index is 832. The van der Waals surface area contributed by atoms with Gasteiger partial charge in [-0.2, -0.15) is 0 Å². The summed E-state index contributed by atoms with van der Waals surface area (Å²) in [7, 11) is 1.92. The molecule has 1 aliphatic rings. The Morgan fingerprint density at radius 3 is 2.45 bits per heavy atom. The molecule has 0 unspecified atom stereocenters. The molecule has 2 N–H and O–H groups in total. The predicted molar refractivity (Wildman–Crippen MR) is 119 cm³/mol.